The minimum atomic E-state index is -0.929. The van der Waals surface area contributed by atoms with Crippen molar-refractivity contribution in [1.82, 2.24) is 5.32 Å². The molecule has 0 radical (unpaired) electrons. The number of hydrogen-bond acceptors (Lipinski definition) is 5. The molecule has 8 heteroatoms. The molecule has 1 aliphatic heterocycles. The molecule has 0 saturated carbocycles. The molecule has 1 fully saturated rings. The quantitative estimate of drug-likeness (QED) is 0.649. The van der Waals surface area contributed by atoms with Gasteiger partial charge in [-0.15, -0.1) is 0 Å². The Kier molecular flexibility index (Phi) is 4.40. The Labute approximate surface area is 147 Å². The number of amides is 4. The lowest BCUT2D eigenvalue weighted by Gasteiger charge is -2.26. The maximum atomic E-state index is 13.1. The SMILES string of the molecule is COc1ccc(/C=C2\C(=O)NC(=O)N(c3ccc(F)cc3)C2=O)cc1O. The van der Waals surface area contributed by atoms with Gasteiger partial charge >= 0.3 is 6.03 Å². The molecule has 0 bridgehead atoms. The van der Waals surface area contributed by atoms with Gasteiger partial charge in [0.15, 0.2) is 11.5 Å². The third-order valence-corrected chi connectivity index (χ3v) is 3.70. The topological polar surface area (TPSA) is 95.9 Å². The van der Waals surface area contributed by atoms with Crippen LogP contribution in [0, 0.1) is 5.82 Å². The number of nitrogens with zero attached hydrogens (tertiary/aromatic N) is 1. The number of carbonyl (C=O) groups excluding carboxylic acids is 3. The van der Waals surface area contributed by atoms with E-state index >= 15 is 0 Å². The molecule has 2 aromatic rings. The van der Waals surface area contributed by atoms with Crippen molar-refractivity contribution in [1.29, 1.82) is 0 Å². The molecule has 0 spiro atoms. The second kappa shape index (κ2) is 6.67. The minimum absolute atomic E-state index is 0.116. The first kappa shape index (κ1) is 17.2. The standard InChI is InChI=1S/C18H13FN2O5/c1-26-15-7-2-10(9-14(15)22)8-13-16(23)20-18(25)21(17(13)24)12-5-3-11(19)4-6-12/h2-9,22H,1H3,(H,20,23,25)/b13-8+. The molecule has 0 unspecified atom stereocenters. The van der Waals surface area contributed by atoms with E-state index in [1.54, 1.807) is 0 Å². The van der Waals surface area contributed by atoms with E-state index in [1.165, 1.54) is 43.5 Å². The van der Waals surface area contributed by atoms with Crippen LogP contribution in [0.25, 0.3) is 6.08 Å². The average Bonchev–Trinajstić information content (AvgIpc) is 2.60. The van der Waals surface area contributed by atoms with Crippen LogP contribution in [-0.2, 0) is 9.59 Å². The number of anilines is 1. The summed E-state index contributed by atoms with van der Waals surface area (Å²) in [6, 6.07) is 8.07. The van der Waals surface area contributed by atoms with Gasteiger partial charge in [0, 0.05) is 0 Å². The normalized spacial score (nSPS) is 16.0. The van der Waals surface area contributed by atoms with Gasteiger partial charge in [0.1, 0.15) is 11.4 Å². The van der Waals surface area contributed by atoms with Crippen molar-refractivity contribution in [2.45, 2.75) is 0 Å². The predicted octanol–water partition coefficient (Wildman–Crippen LogP) is 2.21. The van der Waals surface area contributed by atoms with E-state index < -0.39 is 23.7 Å². The number of barbiturate groups is 1. The highest BCUT2D eigenvalue weighted by atomic mass is 19.1. The van der Waals surface area contributed by atoms with Gasteiger partial charge in [0.05, 0.1) is 12.8 Å². The lowest BCUT2D eigenvalue weighted by molar-refractivity contribution is -0.122. The molecule has 4 amide bonds. The van der Waals surface area contributed by atoms with Crippen molar-refractivity contribution < 1.29 is 28.6 Å². The highest BCUT2D eigenvalue weighted by molar-refractivity contribution is 6.39. The molecule has 132 valence electrons. The number of aromatic hydroxyl groups is 1. The summed E-state index contributed by atoms with van der Waals surface area (Å²) in [6.07, 6.45) is 1.24. The molecular weight excluding hydrogens is 343 g/mol. The first-order chi connectivity index (χ1) is 12.4. The highest BCUT2D eigenvalue weighted by Crippen LogP contribution is 2.28. The summed E-state index contributed by atoms with van der Waals surface area (Å²) in [7, 11) is 1.39. The van der Waals surface area contributed by atoms with Crippen LogP contribution >= 0.6 is 0 Å². The van der Waals surface area contributed by atoms with Crippen molar-refractivity contribution in [2.75, 3.05) is 12.0 Å². The summed E-state index contributed by atoms with van der Waals surface area (Å²) in [5.41, 5.74) is 0.165. The first-order valence-corrected chi connectivity index (χ1v) is 7.44. The van der Waals surface area contributed by atoms with Gasteiger partial charge in [-0.2, -0.15) is 0 Å². The van der Waals surface area contributed by atoms with Crippen LogP contribution in [0.4, 0.5) is 14.9 Å². The molecule has 2 N–H and O–H groups in total. The lowest BCUT2D eigenvalue weighted by atomic mass is 10.1. The number of halogens is 1. The zero-order valence-corrected chi connectivity index (χ0v) is 13.5. The van der Waals surface area contributed by atoms with Crippen molar-refractivity contribution in [3.05, 3.63) is 59.4 Å². The number of nitrogens with one attached hydrogen (secondary N) is 1. The molecule has 0 aliphatic carbocycles. The molecule has 2 aromatic carbocycles. The molecule has 1 heterocycles. The monoisotopic (exact) mass is 356 g/mol. The maximum Gasteiger partial charge on any atom is 0.335 e. The van der Waals surface area contributed by atoms with E-state index in [0.717, 1.165) is 17.0 Å². The van der Waals surface area contributed by atoms with Gasteiger partial charge in [-0.05, 0) is 48.0 Å². The Morgan fingerprint density at radius 3 is 2.42 bits per heavy atom. The van der Waals surface area contributed by atoms with Gasteiger partial charge in [-0.25, -0.2) is 14.1 Å². The van der Waals surface area contributed by atoms with Crippen LogP contribution in [0.5, 0.6) is 11.5 Å². The van der Waals surface area contributed by atoms with Crippen LogP contribution in [-0.4, -0.2) is 30.1 Å². The third kappa shape index (κ3) is 3.12. The van der Waals surface area contributed by atoms with Crippen molar-refractivity contribution >= 4 is 29.6 Å². The minimum Gasteiger partial charge on any atom is -0.504 e. The van der Waals surface area contributed by atoms with Gasteiger partial charge in [-0.1, -0.05) is 6.07 Å². The fraction of sp³-hybridized carbons (Fsp3) is 0.0556. The van der Waals surface area contributed by atoms with Gasteiger partial charge in [-0.3, -0.25) is 14.9 Å². The van der Waals surface area contributed by atoms with E-state index in [2.05, 4.69) is 5.32 Å². The summed E-state index contributed by atoms with van der Waals surface area (Å²) >= 11 is 0. The molecule has 1 saturated heterocycles. The molecular formula is C18H13FN2O5. The van der Waals surface area contributed by atoms with Crippen LogP contribution in [0.1, 0.15) is 5.56 Å². The largest absolute Gasteiger partial charge is 0.504 e. The predicted molar refractivity (Wildman–Crippen MR) is 90.1 cm³/mol. The van der Waals surface area contributed by atoms with Crippen LogP contribution < -0.4 is 15.0 Å². The zero-order valence-electron chi connectivity index (χ0n) is 13.5. The molecule has 26 heavy (non-hydrogen) atoms. The van der Waals surface area contributed by atoms with Crippen LogP contribution in [0.2, 0.25) is 0 Å². The lowest BCUT2D eigenvalue weighted by Crippen LogP contribution is -2.54. The number of rotatable bonds is 3. The number of imide groups is 2. The summed E-state index contributed by atoms with van der Waals surface area (Å²) in [6.45, 7) is 0. The van der Waals surface area contributed by atoms with Crippen molar-refractivity contribution in [3.8, 4) is 11.5 Å². The number of phenolic OH excluding ortho intramolecular Hbond substituents is 1. The van der Waals surface area contributed by atoms with E-state index in [-0.39, 0.29) is 22.8 Å². The van der Waals surface area contributed by atoms with Crippen LogP contribution in [0.15, 0.2) is 48.0 Å². The van der Waals surface area contributed by atoms with Gasteiger partial charge in [0.25, 0.3) is 11.8 Å². The van der Waals surface area contributed by atoms with E-state index in [1.807, 2.05) is 0 Å². The number of urea groups is 1. The van der Waals surface area contributed by atoms with Crippen LogP contribution in [0.3, 0.4) is 0 Å². The summed E-state index contributed by atoms with van der Waals surface area (Å²) in [5.74, 6) is -2.19. The Balaban J connectivity index is 1.99. The van der Waals surface area contributed by atoms with Gasteiger partial charge < -0.3 is 9.84 Å². The highest BCUT2D eigenvalue weighted by Gasteiger charge is 2.36. The molecule has 1 aliphatic rings. The Morgan fingerprint density at radius 1 is 1.12 bits per heavy atom. The zero-order chi connectivity index (χ0) is 18.8. The smallest absolute Gasteiger partial charge is 0.335 e. The number of methoxy groups -OCH3 is 1. The Hall–Kier alpha value is -3.68. The summed E-state index contributed by atoms with van der Waals surface area (Å²) in [5, 5.41) is 11.9. The molecule has 0 atom stereocenters. The second-order valence-electron chi connectivity index (χ2n) is 5.37. The van der Waals surface area contributed by atoms with E-state index in [0.29, 0.717) is 5.56 Å². The molecule has 3 rings (SSSR count). The molecule has 7 nitrogen and oxygen atoms in total. The molecule has 0 aromatic heterocycles. The summed E-state index contributed by atoms with van der Waals surface area (Å²) in [4.78, 5) is 37.5. The number of benzene rings is 2. The van der Waals surface area contributed by atoms with Crippen molar-refractivity contribution in [2.24, 2.45) is 0 Å². The van der Waals surface area contributed by atoms with E-state index in [4.69, 9.17) is 4.74 Å². The van der Waals surface area contributed by atoms with Gasteiger partial charge in [0.2, 0.25) is 0 Å². The fourth-order valence-electron chi connectivity index (χ4n) is 2.45. The average molecular weight is 356 g/mol. The number of hydrogen-bond donors (Lipinski definition) is 2. The fourth-order valence-corrected chi connectivity index (χ4v) is 2.45. The maximum absolute atomic E-state index is 13.1. The Morgan fingerprint density at radius 2 is 1.81 bits per heavy atom. The number of carbonyl (C=O) groups is 3. The van der Waals surface area contributed by atoms with Crippen molar-refractivity contribution in [3.63, 3.8) is 0 Å². The number of phenols is 1. The number of ether oxygens (including phenoxy) is 1. The van der Waals surface area contributed by atoms with E-state index in [9.17, 15) is 23.9 Å². The first-order valence-electron chi connectivity index (χ1n) is 7.44. The third-order valence-electron chi connectivity index (χ3n) is 3.70. The summed E-state index contributed by atoms with van der Waals surface area (Å²) < 4.78 is 18.0. The Bertz CT molecular complexity index is 937. The second-order valence-corrected chi connectivity index (χ2v) is 5.37.